The maximum absolute atomic E-state index is 13.6. The van der Waals surface area contributed by atoms with Crippen LogP contribution in [-0.4, -0.2) is 91.2 Å². The second kappa shape index (κ2) is 19.1. The number of hydrogen-bond donors (Lipinski definition) is 7. The molecule has 15 heteroatoms. The van der Waals surface area contributed by atoms with Gasteiger partial charge in [-0.3, -0.25) is 10.1 Å². The molecule has 2 saturated heterocycles. The molecular weight excluding hydrogens is 857 g/mol. The minimum atomic E-state index is -2.61. The molecule has 7 N–H and O–H groups in total. The molecule has 3 aromatic carbocycles. The van der Waals surface area contributed by atoms with Crippen molar-refractivity contribution in [3.05, 3.63) is 137 Å². The molecule has 2 aliphatic heterocycles. The Labute approximate surface area is 376 Å². The third-order valence-corrected chi connectivity index (χ3v) is 14.9. The number of H-pyrrole nitrogens is 1. The number of aromatic nitrogens is 1. The molecule has 0 spiro atoms. The van der Waals surface area contributed by atoms with Gasteiger partial charge >= 0.3 is 5.97 Å². The Morgan fingerprint density at radius 2 is 1.84 bits per heavy atom. The molecule has 0 radical (unpaired) electrons. The van der Waals surface area contributed by atoms with Crippen LogP contribution < -0.4 is 15.5 Å². The van der Waals surface area contributed by atoms with E-state index in [0.29, 0.717) is 30.1 Å². The van der Waals surface area contributed by atoms with Crippen LogP contribution in [0.5, 0.6) is 11.5 Å². The third kappa shape index (κ3) is 8.77. The number of hydrogen-bond acceptors (Lipinski definition) is 13. The number of phenols is 1. The minimum Gasteiger partial charge on any atom is -0.508 e. The first kappa shape index (κ1) is 43.9. The SMILES string of the molecule is O=C(O)[C@H]1O[C@@H](Oc2ccc3c(=O)c(-c4ccc(O)cc4)coc3c2)[C@@]2(O)[C@@H](O)NC[C@@H]([C@H]3CC#CCC[C@@H]4C=C/C(=C/C3)c3ccccc34)[C@H](c3cc[nH]c3)CSSCO[C@H]2[C@@H]1O. The van der Waals surface area contributed by atoms with Gasteiger partial charge in [0.05, 0.1) is 10.9 Å². The predicted molar refractivity (Wildman–Crippen MR) is 244 cm³/mol. The lowest BCUT2D eigenvalue weighted by Gasteiger charge is -2.50. The number of aromatic amines is 1. The van der Waals surface area contributed by atoms with Crippen molar-refractivity contribution in [2.24, 2.45) is 11.8 Å². The van der Waals surface area contributed by atoms with Crippen LogP contribution in [0.3, 0.4) is 0 Å². The number of carbonyl (C=O) groups is 1. The van der Waals surface area contributed by atoms with E-state index in [1.54, 1.807) is 22.9 Å². The van der Waals surface area contributed by atoms with Gasteiger partial charge < -0.3 is 49.1 Å². The molecule has 0 amide bonds. The van der Waals surface area contributed by atoms with Crippen LogP contribution in [-0.2, 0) is 14.3 Å². The lowest BCUT2D eigenvalue weighted by Crippen LogP contribution is -2.75. The second-order valence-electron chi connectivity index (χ2n) is 16.5. The van der Waals surface area contributed by atoms with Gasteiger partial charge in [-0.05, 0) is 88.8 Å². The van der Waals surface area contributed by atoms with Gasteiger partial charge in [0.1, 0.15) is 47.7 Å². The zero-order valence-electron chi connectivity index (χ0n) is 34.5. The molecule has 5 aliphatic rings. The highest BCUT2D eigenvalue weighted by Gasteiger charge is 2.63. The summed E-state index contributed by atoms with van der Waals surface area (Å²) in [6, 6.07) is 20.9. The van der Waals surface area contributed by atoms with Gasteiger partial charge in [-0.15, -0.1) is 11.8 Å². The van der Waals surface area contributed by atoms with E-state index in [2.05, 4.69) is 64.6 Å². The van der Waals surface area contributed by atoms with Crippen molar-refractivity contribution >= 4 is 44.1 Å². The summed E-state index contributed by atoms with van der Waals surface area (Å²) >= 11 is 0. The van der Waals surface area contributed by atoms with Gasteiger partial charge in [0.25, 0.3) is 0 Å². The second-order valence-corrected chi connectivity index (χ2v) is 19.0. The monoisotopic (exact) mass is 904 g/mol. The molecule has 5 aromatic rings. The van der Waals surface area contributed by atoms with Crippen molar-refractivity contribution in [1.82, 2.24) is 10.3 Å². The summed E-state index contributed by atoms with van der Waals surface area (Å²) in [7, 11) is 2.90. The topological polar surface area (TPSA) is 204 Å². The number of carboxylic acid groups (broad SMARTS) is 1. The van der Waals surface area contributed by atoms with E-state index in [0.717, 1.165) is 24.0 Å². The number of ether oxygens (including phenoxy) is 3. The lowest BCUT2D eigenvalue weighted by atomic mass is 9.75. The van der Waals surface area contributed by atoms with Crippen LogP contribution in [0.25, 0.3) is 27.7 Å². The number of phenolic OH excluding ortho intramolecular Hbond substituents is 1. The fraction of sp³-hybridized carbons (Fsp3) is 0.347. The van der Waals surface area contributed by atoms with Gasteiger partial charge in [-0.2, -0.15) is 0 Å². The van der Waals surface area contributed by atoms with Crippen molar-refractivity contribution in [3.8, 4) is 34.5 Å². The summed E-state index contributed by atoms with van der Waals surface area (Å²) in [5.41, 5.74) is 2.67. The maximum atomic E-state index is 13.6. The van der Waals surface area contributed by atoms with Crippen LogP contribution in [0.4, 0.5) is 0 Å². The van der Waals surface area contributed by atoms with Crippen molar-refractivity contribution in [2.75, 3.05) is 18.2 Å². The first-order valence-electron chi connectivity index (χ1n) is 21.2. The smallest absolute Gasteiger partial charge is 0.335 e. The van der Waals surface area contributed by atoms with E-state index in [4.69, 9.17) is 18.6 Å². The Morgan fingerprint density at radius 1 is 1.00 bits per heavy atom. The predicted octanol–water partition coefficient (Wildman–Crippen LogP) is 6.75. The van der Waals surface area contributed by atoms with Crippen LogP contribution >= 0.6 is 21.6 Å². The molecule has 64 heavy (non-hydrogen) atoms. The average molecular weight is 905 g/mol. The number of aliphatic hydroxyl groups is 3. The first-order chi connectivity index (χ1) is 31.1. The molecule has 0 saturated carbocycles. The van der Waals surface area contributed by atoms with E-state index in [1.165, 1.54) is 58.5 Å². The Bertz CT molecular complexity index is 2660. The number of aliphatic carboxylic acids is 1. The molecule has 2 aromatic heterocycles. The van der Waals surface area contributed by atoms with Gasteiger partial charge in [-0.1, -0.05) is 76.2 Å². The molecule has 2 bridgehead atoms. The zero-order chi connectivity index (χ0) is 44.4. The Morgan fingerprint density at radius 3 is 2.66 bits per heavy atom. The number of rotatable bonds is 6. The summed E-state index contributed by atoms with van der Waals surface area (Å²) in [5, 5.41) is 59.9. The number of allylic oxidation sites excluding steroid dienone is 4. The van der Waals surface area contributed by atoms with Crippen molar-refractivity contribution in [1.29, 1.82) is 0 Å². The number of benzene rings is 3. The number of nitrogens with one attached hydrogen (secondary N) is 2. The lowest BCUT2D eigenvalue weighted by molar-refractivity contribution is -0.342. The fourth-order valence-corrected chi connectivity index (χ4v) is 11.4. The number of aromatic hydroxyl groups is 1. The maximum Gasteiger partial charge on any atom is 0.335 e. The van der Waals surface area contributed by atoms with Gasteiger partial charge in [0, 0.05) is 49.5 Å². The Kier molecular flexibility index (Phi) is 13.1. The van der Waals surface area contributed by atoms with Crippen LogP contribution in [0.1, 0.15) is 54.2 Å². The normalized spacial score (nSPS) is 30.7. The first-order valence-corrected chi connectivity index (χ1v) is 23.7. The number of aliphatic hydroxyl groups excluding tert-OH is 2. The molecular formula is C49H48N2O11S2. The van der Waals surface area contributed by atoms with Gasteiger partial charge in [0.15, 0.2) is 17.1 Å². The highest BCUT2D eigenvalue weighted by Crippen LogP contribution is 2.44. The molecule has 10 atom stereocenters. The quantitative estimate of drug-likeness (QED) is 0.0696. The van der Waals surface area contributed by atoms with E-state index in [9.17, 15) is 35.1 Å². The molecule has 332 valence electrons. The van der Waals surface area contributed by atoms with Crippen LogP contribution in [0.15, 0.2) is 119 Å². The molecule has 10 rings (SSSR count). The summed E-state index contributed by atoms with van der Waals surface area (Å²) in [6.45, 7) is 0.164. The van der Waals surface area contributed by atoms with E-state index in [-0.39, 0.29) is 63.7 Å². The summed E-state index contributed by atoms with van der Waals surface area (Å²) in [4.78, 5) is 29.3. The highest BCUT2D eigenvalue weighted by atomic mass is 33.1. The Hall–Kier alpha value is -5.28. The molecule has 2 fully saturated rings. The molecule has 3 aliphatic carbocycles. The van der Waals surface area contributed by atoms with E-state index < -0.39 is 42.4 Å². The third-order valence-electron chi connectivity index (χ3n) is 12.8. The summed E-state index contributed by atoms with van der Waals surface area (Å²) in [6.07, 6.45) is 5.43. The van der Waals surface area contributed by atoms with Crippen LogP contribution in [0.2, 0.25) is 0 Å². The van der Waals surface area contributed by atoms with Crippen molar-refractivity contribution in [2.45, 2.75) is 73.9 Å². The Balaban J connectivity index is 1.06. The van der Waals surface area contributed by atoms with Crippen molar-refractivity contribution in [3.63, 3.8) is 0 Å². The molecule has 13 nitrogen and oxygen atoms in total. The number of fused-ring (bicyclic) bond motifs is 8. The largest absolute Gasteiger partial charge is 0.508 e. The summed E-state index contributed by atoms with van der Waals surface area (Å²) < 4.78 is 24.0. The zero-order valence-corrected chi connectivity index (χ0v) is 36.2. The number of carboxylic acids is 1. The fourth-order valence-electron chi connectivity index (χ4n) is 9.35. The summed E-state index contributed by atoms with van der Waals surface area (Å²) in [5.74, 6) is 6.06. The standard InChI is InChI=1S/C49H48N2O11S2/c52-33-16-14-31(15-17-33)39-25-59-41-22-34(18-19-37(41)42(39)53)61-48-49(58)45(43(54)44(62-48)46(55)56)60-27-64-63-26-40(32-20-21-50-23-32)38(24-51-47(49)57)29-7-3-1-2-6-28-10-12-30(13-11-29)36-9-5-4-8-35(28)36/h4-5,8-10,12-23,25,28-29,38,40,43-45,47-48,50-52,54,57-58H,2,6-7,11,24,26-27H2,(H,55,56)/b30-13-/t28-,29+,38+,40+,43-,44+,45+,47-,48-,49+/m1/s1. The van der Waals surface area contributed by atoms with E-state index >= 15 is 0 Å². The highest BCUT2D eigenvalue weighted by molar-refractivity contribution is 8.76. The molecule has 0 unspecified atom stereocenters. The average Bonchev–Trinajstić information content (AvgIpc) is 3.83. The van der Waals surface area contributed by atoms with E-state index in [1.807, 2.05) is 18.5 Å². The minimum absolute atomic E-state index is 0.00359. The van der Waals surface area contributed by atoms with Crippen molar-refractivity contribution < 1.29 is 49.0 Å². The van der Waals surface area contributed by atoms with Gasteiger partial charge in [0.2, 0.25) is 6.29 Å². The molecule has 4 heterocycles. The van der Waals surface area contributed by atoms with Crippen LogP contribution in [0, 0.1) is 23.7 Å². The van der Waals surface area contributed by atoms with Gasteiger partial charge in [-0.25, -0.2) is 4.79 Å².